The average Bonchev–Trinajstić information content (AvgIpc) is 3.08. The lowest BCUT2D eigenvalue weighted by Crippen LogP contribution is -2.50. The van der Waals surface area contributed by atoms with Gasteiger partial charge in [0.2, 0.25) is 5.91 Å². The van der Waals surface area contributed by atoms with Crippen molar-refractivity contribution in [2.75, 3.05) is 25.4 Å². The van der Waals surface area contributed by atoms with Gasteiger partial charge >= 0.3 is 6.09 Å². The van der Waals surface area contributed by atoms with Crippen molar-refractivity contribution in [3.8, 4) is 5.69 Å². The summed E-state index contributed by atoms with van der Waals surface area (Å²) < 4.78 is 6.95. The fraction of sp³-hybridized carbons (Fsp3) is 0.524. The number of aromatic nitrogens is 3. The van der Waals surface area contributed by atoms with Gasteiger partial charge < -0.3 is 15.0 Å². The van der Waals surface area contributed by atoms with Crippen LogP contribution in [0.1, 0.15) is 36.7 Å². The number of thioether (sulfide) groups is 1. The van der Waals surface area contributed by atoms with E-state index in [1.165, 1.54) is 11.8 Å². The predicted molar refractivity (Wildman–Crippen MR) is 116 cm³/mol. The van der Waals surface area contributed by atoms with Gasteiger partial charge in [-0.15, -0.1) is 10.2 Å². The highest BCUT2D eigenvalue weighted by molar-refractivity contribution is 7.99. The molecule has 2 aromatic rings. The van der Waals surface area contributed by atoms with Crippen molar-refractivity contribution in [1.29, 1.82) is 0 Å². The van der Waals surface area contributed by atoms with Gasteiger partial charge in [0.25, 0.3) is 0 Å². The standard InChI is InChI=1S/C21H29N5O3S/c1-5-29-21(28)22-17-7-6-10-25(12-17)19(27)13-30-20-24-23-16(4)26(20)18-11-14(2)8-9-15(18)3/h8-9,11,17H,5-7,10,12-13H2,1-4H3,(H,22,28). The third-order valence-electron chi connectivity index (χ3n) is 5.10. The zero-order valence-electron chi connectivity index (χ0n) is 18.0. The maximum atomic E-state index is 12.8. The summed E-state index contributed by atoms with van der Waals surface area (Å²) in [5.74, 6) is 1.09. The van der Waals surface area contributed by atoms with E-state index in [4.69, 9.17) is 4.74 Å². The number of hydrogen-bond donors (Lipinski definition) is 1. The van der Waals surface area contributed by atoms with Gasteiger partial charge in [0.05, 0.1) is 18.0 Å². The first-order valence-electron chi connectivity index (χ1n) is 10.2. The number of alkyl carbamates (subject to hydrolysis) is 1. The number of aryl methyl sites for hydroxylation is 3. The summed E-state index contributed by atoms with van der Waals surface area (Å²) in [5, 5.41) is 12.0. The van der Waals surface area contributed by atoms with Crippen molar-refractivity contribution in [3.05, 3.63) is 35.2 Å². The van der Waals surface area contributed by atoms with Crippen molar-refractivity contribution >= 4 is 23.8 Å². The lowest BCUT2D eigenvalue weighted by atomic mass is 10.1. The van der Waals surface area contributed by atoms with Crippen LogP contribution in [0.15, 0.2) is 23.4 Å². The van der Waals surface area contributed by atoms with Crippen LogP contribution < -0.4 is 5.32 Å². The first kappa shape index (κ1) is 22.1. The molecule has 1 aliphatic rings. The second-order valence-electron chi connectivity index (χ2n) is 7.49. The molecule has 1 aromatic heterocycles. The number of nitrogens with zero attached hydrogens (tertiary/aromatic N) is 4. The number of hydrogen-bond acceptors (Lipinski definition) is 6. The average molecular weight is 432 g/mol. The van der Waals surface area contributed by atoms with E-state index in [-0.39, 0.29) is 17.7 Å². The summed E-state index contributed by atoms with van der Waals surface area (Å²) >= 11 is 1.39. The Morgan fingerprint density at radius 1 is 1.27 bits per heavy atom. The van der Waals surface area contributed by atoms with E-state index in [1.54, 1.807) is 11.8 Å². The van der Waals surface area contributed by atoms with Crippen LogP contribution in [0, 0.1) is 20.8 Å². The number of rotatable bonds is 6. The maximum absolute atomic E-state index is 12.8. The number of carbonyl (C=O) groups excluding carboxylic acids is 2. The van der Waals surface area contributed by atoms with Crippen LogP contribution >= 0.6 is 11.8 Å². The molecule has 0 aliphatic carbocycles. The molecule has 0 bridgehead atoms. The summed E-state index contributed by atoms with van der Waals surface area (Å²) in [7, 11) is 0. The predicted octanol–water partition coefficient (Wildman–Crippen LogP) is 3.02. The Hall–Kier alpha value is -2.55. The molecule has 1 N–H and O–H groups in total. The van der Waals surface area contributed by atoms with Crippen molar-refractivity contribution in [3.63, 3.8) is 0 Å². The van der Waals surface area contributed by atoms with Gasteiger partial charge in [0.1, 0.15) is 5.82 Å². The Balaban J connectivity index is 1.64. The Labute approximate surface area is 181 Å². The fourth-order valence-corrected chi connectivity index (χ4v) is 4.45. The van der Waals surface area contributed by atoms with E-state index >= 15 is 0 Å². The van der Waals surface area contributed by atoms with Crippen LogP contribution in [0.3, 0.4) is 0 Å². The molecule has 1 aromatic carbocycles. The normalized spacial score (nSPS) is 16.4. The highest BCUT2D eigenvalue weighted by atomic mass is 32.2. The molecule has 9 heteroatoms. The molecular weight excluding hydrogens is 402 g/mol. The number of carbonyl (C=O) groups is 2. The van der Waals surface area contributed by atoms with Crippen LogP contribution in [0.4, 0.5) is 4.79 Å². The summed E-state index contributed by atoms with van der Waals surface area (Å²) in [6, 6.07) is 6.18. The van der Waals surface area contributed by atoms with E-state index < -0.39 is 6.09 Å². The summed E-state index contributed by atoms with van der Waals surface area (Å²) in [6.45, 7) is 9.32. The van der Waals surface area contributed by atoms with Crippen molar-refractivity contribution in [2.45, 2.75) is 51.7 Å². The molecule has 1 atom stereocenters. The number of amides is 2. The van der Waals surface area contributed by atoms with Crippen molar-refractivity contribution < 1.29 is 14.3 Å². The zero-order valence-corrected chi connectivity index (χ0v) is 18.8. The van der Waals surface area contributed by atoms with Crippen LogP contribution in [-0.4, -0.2) is 63.2 Å². The van der Waals surface area contributed by atoms with E-state index in [0.29, 0.717) is 24.9 Å². The van der Waals surface area contributed by atoms with E-state index in [9.17, 15) is 9.59 Å². The minimum atomic E-state index is -0.428. The highest BCUT2D eigenvalue weighted by Crippen LogP contribution is 2.25. The van der Waals surface area contributed by atoms with Crippen LogP contribution in [0.25, 0.3) is 5.69 Å². The first-order chi connectivity index (χ1) is 14.4. The van der Waals surface area contributed by atoms with Crippen LogP contribution in [-0.2, 0) is 9.53 Å². The topological polar surface area (TPSA) is 89.3 Å². The maximum Gasteiger partial charge on any atom is 0.407 e. The van der Waals surface area contributed by atoms with Crippen LogP contribution in [0.2, 0.25) is 0 Å². The second-order valence-corrected chi connectivity index (χ2v) is 8.43. The molecule has 3 rings (SSSR count). The lowest BCUT2D eigenvalue weighted by molar-refractivity contribution is -0.129. The van der Waals surface area contributed by atoms with Gasteiger partial charge in [-0.3, -0.25) is 9.36 Å². The van der Waals surface area contributed by atoms with Gasteiger partial charge in [-0.1, -0.05) is 23.9 Å². The number of ether oxygens (including phenoxy) is 1. The number of likely N-dealkylation sites (tertiary alicyclic amines) is 1. The molecule has 2 heterocycles. The van der Waals surface area contributed by atoms with Gasteiger partial charge in [-0.25, -0.2) is 4.79 Å². The third kappa shape index (κ3) is 5.33. The third-order valence-corrected chi connectivity index (χ3v) is 6.01. The molecule has 30 heavy (non-hydrogen) atoms. The fourth-order valence-electron chi connectivity index (χ4n) is 3.55. The molecular formula is C21H29N5O3S. The Bertz CT molecular complexity index is 914. The van der Waals surface area contributed by atoms with Gasteiger partial charge in [-0.2, -0.15) is 0 Å². The number of nitrogens with one attached hydrogen (secondary N) is 1. The van der Waals surface area contributed by atoms with Crippen LogP contribution in [0.5, 0.6) is 0 Å². The molecule has 0 radical (unpaired) electrons. The largest absolute Gasteiger partial charge is 0.450 e. The minimum Gasteiger partial charge on any atom is -0.450 e. The minimum absolute atomic E-state index is 0.0310. The van der Waals surface area contributed by atoms with E-state index in [2.05, 4.69) is 47.6 Å². The van der Waals surface area contributed by atoms with Gasteiger partial charge in [0, 0.05) is 19.1 Å². The Morgan fingerprint density at radius 3 is 2.83 bits per heavy atom. The highest BCUT2D eigenvalue weighted by Gasteiger charge is 2.25. The SMILES string of the molecule is CCOC(=O)NC1CCCN(C(=O)CSc2nnc(C)n2-c2cc(C)ccc2C)C1. The van der Waals surface area contributed by atoms with E-state index in [0.717, 1.165) is 35.5 Å². The monoisotopic (exact) mass is 431 g/mol. The molecule has 1 fully saturated rings. The lowest BCUT2D eigenvalue weighted by Gasteiger charge is -2.32. The zero-order chi connectivity index (χ0) is 21.7. The Kier molecular flexibility index (Phi) is 7.36. The number of piperidine rings is 1. The second kappa shape index (κ2) is 9.97. The molecule has 0 spiro atoms. The summed E-state index contributed by atoms with van der Waals surface area (Å²) in [4.78, 5) is 26.3. The number of benzene rings is 1. The molecule has 8 nitrogen and oxygen atoms in total. The van der Waals surface area contributed by atoms with E-state index in [1.807, 2.05) is 11.5 Å². The van der Waals surface area contributed by atoms with Crippen molar-refractivity contribution in [2.24, 2.45) is 0 Å². The molecule has 0 saturated carbocycles. The molecule has 1 aliphatic heterocycles. The van der Waals surface area contributed by atoms with Gasteiger partial charge in [-0.05, 0) is 57.7 Å². The Morgan fingerprint density at radius 2 is 2.07 bits per heavy atom. The molecule has 1 unspecified atom stereocenters. The first-order valence-corrected chi connectivity index (χ1v) is 11.2. The van der Waals surface area contributed by atoms with Gasteiger partial charge in [0.15, 0.2) is 5.16 Å². The molecule has 2 amide bonds. The summed E-state index contributed by atoms with van der Waals surface area (Å²) in [6.07, 6.45) is 1.27. The molecule has 1 saturated heterocycles. The van der Waals surface area contributed by atoms with Crippen molar-refractivity contribution in [1.82, 2.24) is 25.0 Å². The summed E-state index contributed by atoms with van der Waals surface area (Å²) in [5.41, 5.74) is 3.31. The quantitative estimate of drug-likeness (QED) is 0.707. The smallest absolute Gasteiger partial charge is 0.407 e. The molecule has 162 valence electrons.